The van der Waals surface area contributed by atoms with Gasteiger partial charge in [0.25, 0.3) is 0 Å². The van der Waals surface area contributed by atoms with Crippen LogP contribution in [0.3, 0.4) is 0 Å². The van der Waals surface area contributed by atoms with E-state index in [4.69, 9.17) is 9.47 Å². The van der Waals surface area contributed by atoms with Gasteiger partial charge in [-0.15, -0.1) is 0 Å². The Morgan fingerprint density at radius 3 is 2.74 bits per heavy atom. The van der Waals surface area contributed by atoms with Gasteiger partial charge in [-0.3, -0.25) is 0 Å². The monoisotopic (exact) mass is 265 g/mol. The van der Waals surface area contributed by atoms with Gasteiger partial charge in [-0.2, -0.15) is 0 Å². The highest BCUT2D eigenvalue weighted by molar-refractivity contribution is 5.49. The second-order valence-corrected chi connectivity index (χ2v) is 5.48. The second-order valence-electron chi connectivity index (χ2n) is 5.48. The molecule has 1 aliphatic heterocycles. The highest BCUT2D eigenvalue weighted by Gasteiger charge is 2.25. The van der Waals surface area contributed by atoms with Gasteiger partial charge in [0.2, 0.25) is 0 Å². The normalized spacial score (nSPS) is 20.1. The SMILES string of the molecule is COc1c(OC2CCCNC2)cccc1C(C)(C)O. The standard InChI is InChI=1S/C15H23NO3/c1-15(2,17)12-7-4-8-13(14(12)18-3)19-11-6-5-9-16-10-11/h4,7-8,11,16-17H,5-6,9-10H2,1-3H3. The number of methoxy groups -OCH3 is 1. The molecule has 4 nitrogen and oxygen atoms in total. The molecule has 0 spiro atoms. The average molecular weight is 265 g/mol. The van der Waals surface area contributed by atoms with Gasteiger partial charge in [-0.25, -0.2) is 0 Å². The fourth-order valence-electron chi connectivity index (χ4n) is 2.40. The van der Waals surface area contributed by atoms with Crippen molar-refractivity contribution in [3.05, 3.63) is 23.8 Å². The molecule has 1 aliphatic rings. The molecule has 1 aromatic rings. The van der Waals surface area contributed by atoms with Crippen LogP contribution >= 0.6 is 0 Å². The number of rotatable bonds is 4. The first-order valence-corrected chi connectivity index (χ1v) is 6.79. The number of hydrogen-bond acceptors (Lipinski definition) is 4. The number of benzene rings is 1. The van der Waals surface area contributed by atoms with Crippen LogP contribution in [0.2, 0.25) is 0 Å². The average Bonchev–Trinajstić information content (AvgIpc) is 2.38. The lowest BCUT2D eigenvalue weighted by Crippen LogP contribution is -2.37. The van der Waals surface area contributed by atoms with Crippen LogP contribution in [0.5, 0.6) is 11.5 Å². The maximum atomic E-state index is 10.2. The summed E-state index contributed by atoms with van der Waals surface area (Å²) >= 11 is 0. The Labute approximate surface area is 114 Å². The van der Waals surface area contributed by atoms with Gasteiger partial charge < -0.3 is 19.9 Å². The number of hydrogen-bond donors (Lipinski definition) is 2. The summed E-state index contributed by atoms with van der Waals surface area (Å²) in [6, 6.07) is 5.65. The minimum atomic E-state index is -0.949. The van der Waals surface area contributed by atoms with Crippen molar-refractivity contribution in [1.82, 2.24) is 5.32 Å². The van der Waals surface area contributed by atoms with Crippen LogP contribution in [0.25, 0.3) is 0 Å². The summed E-state index contributed by atoms with van der Waals surface area (Å²) in [6.07, 6.45) is 2.33. The van der Waals surface area contributed by atoms with Crippen LogP contribution < -0.4 is 14.8 Å². The van der Waals surface area contributed by atoms with E-state index in [0.29, 0.717) is 11.5 Å². The van der Waals surface area contributed by atoms with Crippen LogP contribution in [-0.4, -0.2) is 31.4 Å². The minimum Gasteiger partial charge on any atom is -0.492 e. The molecule has 1 atom stereocenters. The number of nitrogens with one attached hydrogen (secondary N) is 1. The zero-order chi connectivity index (χ0) is 13.9. The van der Waals surface area contributed by atoms with Gasteiger partial charge in [0.15, 0.2) is 11.5 Å². The molecule has 4 heteroatoms. The molecule has 19 heavy (non-hydrogen) atoms. The molecule has 2 rings (SSSR count). The van der Waals surface area contributed by atoms with Crippen molar-refractivity contribution in [3.8, 4) is 11.5 Å². The van der Waals surface area contributed by atoms with Crippen LogP contribution in [0.4, 0.5) is 0 Å². The van der Waals surface area contributed by atoms with Gasteiger partial charge in [-0.1, -0.05) is 12.1 Å². The molecular weight excluding hydrogens is 242 g/mol. The third-order valence-electron chi connectivity index (χ3n) is 3.39. The largest absolute Gasteiger partial charge is 0.492 e. The van der Waals surface area contributed by atoms with Crippen LogP contribution in [0, 0.1) is 0 Å². The second kappa shape index (κ2) is 5.80. The van der Waals surface area contributed by atoms with E-state index in [-0.39, 0.29) is 6.10 Å². The summed E-state index contributed by atoms with van der Waals surface area (Å²) in [5.41, 5.74) is -0.202. The molecule has 1 heterocycles. The zero-order valence-corrected chi connectivity index (χ0v) is 11.9. The molecule has 0 bridgehead atoms. The molecule has 106 valence electrons. The van der Waals surface area contributed by atoms with Crippen LogP contribution in [-0.2, 0) is 5.60 Å². The Bertz CT molecular complexity index is 420. The third-order valence-corrected chi connectivity index (χ3v) is 3.39. The fraction of sp³-hybridized carbons (Fsp3) is 0.600. The van der Waals surface area contributed by atoms with E-state index in [2.05, 4.69) is 5.32 Å². The Kier molecular flexibility index (Phi) is 4.32. The first-order valence-electron chi connectivity index (χ1n) is 6.79. The van der Waals surface area contributed by atoms with E-state index in [0.717, 1.165) is 31.5 Å². The predicted octanol–water partition coefficient (Wildman–Crippen LogP) is 2.05. The van der Waals surface area contributed by atoms with Crippen LogP contribution in [0.15, 0.2) is 18.2 Å². The molecule has 0 aliphatic carbocycles. The summed E-state index contributed by atoms with van der Waals surface area (Å²) in [5.74, 6) is 1.33. The summed E-state index contributed by atoms with van der Waals surface area (Å²) in [7, 11) is 1.61. The van der Waals surface area contributed by atoms with E-state index in [9.17, 15) is 5.11 Å². The van der Waals surface area contributed by atoms with Gasteiger partial charge in [0, 0.05) is 12.1 Å². The highest BCUT2D eigenvalue weighted by Crippen LogP contribution is 2.37. The quantitative estimate of drug-likeness (QED) is 0.875. The smallest absolute Gasteiger partial charge is 0.166 e. The zero-order valence-electron chi connectivity index (χ0n) is 11.9. The number of para-hydroxylation sites is 1. The van der Waals surface area contributed by atoms with Gasteiger partial charge in [0.1, 0.15) is 6.10 Å². The number of ether oxygens (including phenoxy) is 2. The molecule has 0 aromatic heterocycles. The maximum absolute atomic E-state index is 10.2. The van der Waals surface area contributed by atoms with E-state index >= 15 is 0 Å². The highest BCUT2D eigenvalue weighted by atomic mass is 16.5. The first-order chi connectivity index (χ1) is 9.02. The lowest BCUT2D eigenvalue weighted by molar-refractivity contribution is 0.0742. The maximum Gasteiger partial charge on any atom is 0.166 e. The predicted molar refractivity (Wildman–Crippen MR) is 74.8 cm³/mol. The summed E-state index contributed by atoms with van der Waals surface area (Å²) < 4.78 is 11.5. The van der Waals surface area contributed by atoms with Crippen molar-refractivity contribution < 1.29 is 14.6 Å². The number of aliphatic hydroxyl groups is 1. The summed E-state index contributed by atoms with van der Waals surface area (Å²) in [6.45, 7) is 5.41. The fourth-order valence-corrected chi connectivity index (χ4v) is 2.40. The first kappa shape index (κ1) is 14.2. The van der Waals surface area contributed by atoms with E-state index in [1.807, 2.05) is 18.2 Å². The van der Waals surface area contributed by atoms with E-state index in [1.54, 1.807) is 21.0 Å². The van der Waals surface area contributed by atoms with Crippen molar-refractivity contribution in [3.63, 3.8) is 0 Å². The third kappa shape index (κ3) is 3.39. The Morgan fingerprint density at radius 2 is 2.16 bits per heavy atom. The molecular formula is C15H23NO3. The lowest BCUT2D eigenvalue weighted by Gasteiger charge is -2.27. The molecule has 1 saturated heterocycles. The van der Waals surface area contributed by atoms with Gasteiger partial charge >= 0.3 is 0 Å². The minimum absolute atomic E-state index is 0.166. The van der Waals surface area contributed by atoms with Crippen molar-refractivity contribution >= 4 is 0 Å². The summed E-state index contributed by atoms with van der Waals surface area (Å²) in [5, 5.41) is 13.5. The molecule has 0 saturated carbocycles. The molecule has 1 fully saturated rings. The Hall–Kier alpha value is -1.26. The Balaban J connectivity index is 2.24. The molecule has 0 radical (unpaired) electrons. The molecule has 0 amide bonds. The van der Waals surface area contributed by atoms with E-state index < -0.39 is 5.60 Å². The van der Waals surface area contributed by atoms with Gasteiger partial charge in [0.05, 0.1) is 12.7 Å². The van der Waals surface area contributed by atoms with Crippen molar-refractivity contribution in [2.75, 3.05) is 20.2 Å². The number of piperidine rings is 1. The van der Waals surface area contributed by atoms with Crippen molar-refractivity contribution in [2.24, 2.45) is 0 Å². The topological polar surface area (TPSA) is 50.7 Å². The molecule has 2 N–H and O–H groups in total. The lowest BCUT2D eigenvalue weighted by atomic mass is 9.97. The Morgan fingerprint density at radius 1 is 1.37 bits per heavy atom. The van der Waals surface area contributed by atoms with Gasteiger partial charge in [-0.05, 0) is 39.3 Å². The van der Waals surface area contributed by atoms with Crippen LogP contribution in [0.1, 0.15) is 32.3 Å². The van der Waals surface area contributed by atoms with Crippen molar-refractivity contribution in [2.45, 2.75) is 38.4 Å². The van der Waals surface area contributed by atoms with Crippen molar-refractivity contribution in [1.29, 1.82) is 0 Å². The molecule has 1 aromatic carbocycles. The van der Waals surface area contributed by atoms with E-state index in [1.165, 1.54) is 0 Å². The summed E-state index contributed by atoms with van der Waals surface area (Å²) in [4.78, 5) is 0. The molecule has 1 unspecified atom stereocenters.